The molecule has 0 spiro atoms. The van der Waals surface area contributed by atoms with E-state index in [2.05, 4.69) is 83.9 Å². The first kappa shape index (κ1) is 84.3. The molecule has 3 aliphatic rings. The molecule has 553 valence electrons. The van der Waals surface area contributed by atoms with Crippen LogP contribution in [0.1, 0.15) is 126 Å². The third kappa shape index (κ3) is 22.7. The number of ether oxygens (including phenoxy) is 5. The predicted molar refractivity (Wildman–Crippen MR) is 404 cm³/mol. The Bertz CT molecular complexity index is 4110. The number of aryl methyl sites for hydroxylation is 3. The molecule has 9 aromatic rings. The smallest absolute Gasteiger partial charge is 0.537 e. The number of rotatable bonds is 15. The van der Waals surface area contributed by atoms with Gasteiger partial charge in [0.2, 0.25) is 0 Å². The number of aromatic nitrogens is 2. The molecular formula is C81H101BBrN2O18. The largest absolute Gasteiger partial charge is 0.569 e. The molecule has 0 aliphatic carbocycles. The Balaban J connectivity index is 0.000000218. The summed E-state index contributed by atoms with van der Waals surface area (Å²) in [5.74, 6) is 0.462. The monoisotopic (exact) mass is 1480 g/mol. The highest BCUT2D eigenvalue weighted by Crippen LogP contribution is 2.40. The van der Waals surface area contributed by atoms with Gasteiger partial charge in [-0.25, -0.2) is 0 Å². The molecule has 7 aromatic carbocycles. The number of aliphatic hydroxyl groups is 9. The maximum absolute atomic E-state index is 11.5. The Hall–Kier alpha value is -7.62. The van der Waals surface area contributed by atoms with Gasteiger partial charge in [0, 0.05) is 86.9 Å². The van der Waals surface area contributed by atoms with Crippen LogP contribution in [0.4, 0.5) is 0 Å². The van der Waals surface area contributed by atoms with E-state index in [0.717, 1.165) is 97.2 Å². The lowest BCUT2D eigenvalue weighted by molar-refractivity contribution is -0.219. The number of halogens is 1. The molecule has 5 heterocycles. The lowest BCUT2D eigenvalue weighted by Gasteiger charge is -2.42. The van der Waals surface area contributed by atoms with Crippen molar-refractivity contribution in [2.24, 2.45) is 5.92 Å². The van der Waals surface area contributed by atoms with Crippen LogP contribution >= 0.6 is 15.9 Å². The Kier molecular flexibility index (Phi) is 34.2. The molecule has 3 aliphatic heterocycles. The van der Waals surface area contributed by atoms with Crippen LogP contribution in [-0.2, 0) is 33.3 Å². The second kappa shape index (κ2) is 41.8. The minimum atomic E-state index is -1.10. The van der Waals surface area contributed by atoms with Gasteiger partial charge in [0.05, 0.1) is 37.6 Å². The standard InChI is InChI=1S/C25H27NO6.C23H25NO5.C19H27BrO3.C10H8BO2.C2H6.2CH4O/c1-14-9-16(17-3-4-19-12-26-8-7-18(19)10-17)5-6-20(14)24(30)25-22(31-15(2)28)11-21(29)23(13-27)32-25;1-13-8-14(15-2-3-17-11-24-7-6-16(17)9-15)4-5-18(13)22(28)23-20(27)10-19(26)21(12-25)29-23;1-6-17-12(3)10-18(22-14(5)21)19(23-17)13(4)16-8-7-15(20)9-11(16)2;12-11-13-10-6-5-8-3-1-2-4-9(8)7-10;3*1-2/h3-10,12,21-25,27,29-30H,11,13H2,1-2H3;2-9,11,19-23,25-28H,10,12H2,1H3;7-9,12-13,17-19H,6,10H2,1-5H3;1-7,12H;1-2H3;2*2H,1H3/t21-,22?,23?,24+,25-;19-,20?,21?,22+,23-;12-,13+,17?,18?,19+;;;;/m000..../s1. The zero-order valence-electron chi connectivity index (χ0n) is 60.7. The maximum atomic E-state index is 11.5. The fourth-order valence-electron chi connectivity index (χ4n) is 13.3. The van der Waals surface area contributed by atoms with Gasteiger partial charge in [-0.05, 0) is 165 Å². The summed E-state index contributed by atoms with van der Waals surface area (Å²) in [4.78, 5) is 31.3. The third-order valence-corrected chi connectivity index (χ3v) is 18.9. The van der Waals surface area contributed by atoms with Crippen LogP contribution in [0.3, 0.4) is 0 Å². The summed E-state index contributed by atoms with van der Waals surface area (Å²) >= 11 is 3.51. The number of carbonyl (C=O) groups is 2. The molecule has 20 nitrogen and oxygen atoms in total. The topological polar surface area (TPSA) is 318 Å². The molecule has 1 radical (unpaired) electrons. The summed E-state index contributed by atoms with van der Waals surface area (Å²) in [5.41, 5.74) is 9.60. The van der Waals surface area contributed by atoms with Crippen molar-refractivity contribution in [3.05, 3.63) is 208 Å². The molecule has 103 heavy (non-hydrogen) atoms. The van der Waals surface area contributed by atoms with Crippen LogP contribution in [0.5, 0.6) is 5.75 Å². The van der Waals surface area contributed by atoms with Gasteiger partial charge in [0.1, 0.15) is 60.7 Å². The number of pyridine rings is 2. The molecule has 6 unspecified atom stereocenters. The molecule has 0 amide bonds. The van der Waals surface area contributed by atoms with E-state index < -0.39 is 73.6 Å². The van der Waals surface area contributed by atoms with E-state index in [1.165, 1.54) is 25.0 Å². The van der Waals surface area contributed by atoms with Crippen LogP contribution < -0.4 is 4.65 Å². The second-order valence-corrected chi connectivity index (χ2v) is 26.2. The van der Waals surface area contributed by atoms with Crippen molar-refractivity contribution < 1.29 is 88.9 Å². The predicted octanol–water partition coefficient (Wildman–Crippen LogP) is 11.8. The number of benzene rings is 7. The summed E-state index contributed by atoms with van der Waals surface area (Å²) in [6.45, 7) is 18.4. The molecule has 10 N–H and O–H groups in total. The van der Waals surface area contributed by atoms with Crippen molar-refractivity contribution >= 4 is 67.9 Å². The van der Waals surface area contributed by atoms with E-state index in [0.29, 0.717) is 30.5 Å². The molecule has 12 rings (SSSR count). The van der Waals surface area contributed by atoms with Crippen molar-refractivity contribution in [3.63, 3.8) is 0 Å². The lowest BCUT2D eigenvalue weighted by atomic mass is 9.82. The van der Waals surface area contributed by atoms with E-state index in [-0.39, 0.29) is 49.6 Å². The van der Waals surface area contributed by atoms with Gasteiger partial charge in [0.25, 0.3) is 0 Å². The Labute approximate surface area is 613 Å². The molecular weight excluding hydrogens is 1380 g/mol. The quantitative estimate of drug-likeness (QED) is 0.0337. The Morgan fingerprint density at radius 2 is 0.971 bits per heavy atom. The number of carbonyl (C=O) groups excluding carboxylic acids is 2. The van der Waals surface area contributed by atoms with Crippen molar-refractivity contribution in [1.29, 1.82) is 0 Å². The lowest BCUT2D eigenvalue weighted by Crippen LogP contribution is -2.52. The highest BCUT2D eigenvalue weighted by molar-refractivity contribution is 9.10. The zero-order valence-corrected chi connectivity index (χ0v) is 62.2. The summed E-state index contributed by atoms with van der Waals surface area (Å²) in [6, 6.07) is 47.7. The molecule has 3 saturated heterocycles. The highest BCUT2D eigenvalue weighted by Gasteiger charge is 2.44. The van der Waals surface area contributed by atoms with E-state index >= 15 is 0 Å². The van der Waals surface area contributed by atoms with Gasteiger partial charge in [-0.3, -0.25) is 19.6 Å². The number of fused-ring (bicyclic) bond motifs is 3. The molecule has 3 fully saturated rings. The van der Waals surface area contributed by atoms with Crippen LogP contribution in [0.15, 0.2) is 175 Å². The maximum Gasteiger partial charge on any atom is 0.569 e. The summed E-state index contributed by atoms with van der Waals surface area (Å²) in [7, 11) is 2.68. The van der Waals surface area contributed by atoms with Crippen LogP contribution in [0.2, 0.25) is 0 Å². The molecule has 0 saturated carbocycles. The average Bonchev–Trinajstić information content (AvgIpc) is 0.802. The molecule has 0 bridgehead atoms. The van der Waals surface area contributed by atoms with Gasteiger partial charge in [-0.1, -0.05) is 148 Å². The fourth-order valence-corrected chi connectivity index (χ4v) is 13.7. The molecule has 2 aromatic heterocycles. The minimum Gasteiger partial charge on any atom is -0.537 e. The number of hydrogen-bond donors (Lipinski definition) is 10. The summed E-state index contributed by atoms with van der Waals surface area (Å²) < 4.78 is 34.6. The van der Waals surface area contributed by atoms with E-state index in [9.17, 15) is 45.3 Å². The first-order valence-electron chi connectivity index (χ1n) is 34.7. The van der Waals surface area contributed by atoms with E-state index in [1.54, 1.807) is 12.4 Å². The zero-order chi connectivity index (χ0) is 75.6. The van der Waals surface area contributed by atoms with Crippen molar-refractivity contribution in [2.75, 3.05) is 27.4 Å². The van der Waals surface area contributed by atoms with Crippen molar-refractivity contribution in [3.8, 4) is 28.0 Å². The normalized spacial score (nSPS) is 22.7. The second-order valence-electron chi connectivity index (χ2n) is 25.3. The van der Waals surface area contributed by atoms with Gasteiger partial charge in [0.15, 0.2) is 0 Å². The van der Waals surface area contributed by atoms with E-state index in [1.807, 2.05) is 155 Å². The van der Waals surface area contributed by atoms with Crippen LogP contribution in [0, 0.1) is 26.7 Å². The average molecular weight is 1480 g/mol. The number of nitrogens with zero attached hydrogens (tertiary/aromatic N) is 2. The van der Waals surface area contributed by atoms with Crippen LogP contribution in [0.25, 0.3) is 54.6 Å². The first-order valence-corrected chi connectivity index (χ1v) is 35.5. The SMILES string of the molecule is CC.CC(=O)OC1C[C@H](O)C(CO)O[C@@H]1[C@H](O)c1ccc(-c2ccc3cnccc3c2)cc1C.CCC1O[C@H]([C@H](C)c2ccc(Br)cc2C)C(OC(C)=O)C[C@@H]1C.CO.CO.Cc1cc(-c2ccc3cnccc3c2)ccc1[C@@H](O)[C@H]1OC(CO)[C@@H](O)CC1O.O[B]Oc1ccc2ccccc2c1. The Morgan fingerprint density at radius 1 is 0.534 bits per heavy atom. The van der Waals surface area contributed by atoms with Gasteiger partial charge in [-0.15, -0.1) is 0 Å². The number of aliphatic hydroxyl groups excluding tert-OH is 9. The highest BCUT2D eigenvalue weighted by atomic mass is 79.9. The van der Waals surface area contributed by atoms with E-state index in [4.69, 9.17) is 43.6 Å². The number of hydrogen-bond acceptors (Lipinski definition) is 20. The fraction of sp³-hybridized carbons (Fsp3) is 0.407. The Morgan fingerprint density at radius 3 is 1.47 bits per heavy atom. The molecule has 22 heteroatoms. The number of esters is 2. The molecule has 15 atom stereocenters. The van der Waals surface area contributed by atoms with Gasteiger partial charge in [-0.2, -0.15) is 0 Å². The van der Waals surface area contributed by atoms with Crippen molar-refractivity contribution in [1.82, 2.24) is 9.97 Å². The van der Waals surface area contributed by atoms with Crippen LogP contribution in [-0.4, -0.2) is 175 Å². The van der Waals surface area contributed by atoms with Gasteiger partial charge >= 0.3 is 19.6 Å². The van der Waals surface area contributed by atoms with Gasteiger partial charge < -0.3 is 79.3 Å². The third-order valence-electron chi connectivity index (χ3n) is 18.4. The van der Waals surface area contributed by atoms with Crippen molar-refractivity contribution in [2.45, 2.75) is 180 Å². The first-order chi connectivity index (χ1) is 49.6. The summed E-state index contributed by atoms with van der Waals surface area (Å²) in [6.07, 6.45) is -0.323. The summed E-state index contributed by atoms with van der Waals surface area (Å²) in [5, 5.41) is 100. The minimum absolute atomic E-state index is 0.0516.